The Labute approximate surface area is 182 Å². The first-order chi connectivity index (χ1) is 14.0. The maximum Gasteiger partial charge on any atom is 0.248 e. The van der Waals surface area contributed by atoms with Crippen molar-refractivity contribution in [3.63, 3.8) is 0 Å². The molecular weight excluding hydrogens is 411 g/mol. The lowest BCUT2D eigenvalue weighted by Crippen LogP contribution is -2.51. The molecule has 3 rings (SSSR count). The van der Waals surface area contributed by atoms with Gasteiger partial charge in [0.05, 0.1) is 19.3 Å². The number of anilines is 1. The highest BCUT2D eigenvalue weighted by molar-refractivity contribution is 6.31. The summed E-state index contributed by atoms with van der Waals surface area (Å²) in [6.07, 6.45) is 0. The van der Waals surface area contributed by atoms with E-state index in [1.165, 1.54) is 0 Å². The highest BCUT2D eigenvalue weighted by Gasteiger charge is 2.31. The van der Waals surface area contributed by atoms with Crippen molar-refractivity contribution in [2.45, 2.75) is 13.0 Å². The van der Waals surface area contributed by atoms with E-state index in [0.29, 0.717) is 31.3 Å². The van der Waals surface area contributed by atoms with Gasteiger partial charge in [-0.15, -0.1) is 0 Å². The zero-order chi connectivity index (χ0) is 20.8. The van der Waals surface area contributed by atoms with Gasteiger partial charge in [-0.25, -0.2) is 0 Å². The lowest BCUT2D eigenvalue weighted by Gasteiger charge is -2.43. The van der Waals surface area contributed by atoms with Crippen molar-refractivity contribution < 1.29 is 14.3 Å². The molecule has 0 bridgehead atoms. The molecule has 0 aromatic heterocycles. The molecule has 0 spiro atoms. The number of carbonyl (C=O) groups excluding carboxylic acids is 1. The zero-order valence-corrected chi connectivity index (χ0v) is 18.2. The smallest absolute Gasteiger partial charge is 0.248 e. The molecule has 5 nitrogen and oxygen atoms in total. The summed E-state index contributed by atoms with van der Waals surface area (Å²) in [5, 5.41) is 1.41. The Balaban J connectivity index is 1.81. The Bertz CT molecular complexity index is 829. The molecule has 2 aromatic rings. The van der Waals surface area contributed by atoms with Gasteiger partial charge in [0.2, 0.25) is 5.91 Å². The molecule has 2 aromatic carbocycles. The Morgan fingerprint density at radius 1 is 1.07 bits per heavy atom. The third-order valence-corrected chi connectivity index (χ3v) is 5.60. The van der Waals surface area contributed by atoms with Crippen LogP contribution in [0.1, 0.15) is 17.2 Å². The van der Waals surface area contributed by atoms with Crippen molar-refractivity contribution in [3.8, 4) is 0 Å². The number of nitrogens with zero attached hydrogens (tertiary/aromatic N) is 2. The number of ether oxygens (including phenoxy) is 2. The summed E-state index contributed by atoms with van der Waals surface area (Å²) in [6, 6.07) is 13.8. The van der Waals surface area contributed by atoms with Gasteiger partial charge >= 0.3 is 0 Å². The topological polar surface area (TPSA) is 42.0 Å². The molecule has 1 heterocycles. The summed E-state index contributed by atoms with van der Waals surface area (Å²) in [6.45, 7) is 4.95. The van der Waals surface area contributed by atoms with Gasteiger partial charge in [-0.3, -0.25) is 4.79 Å². The molecule has 0 N–H and O–H groups in total. The Morgan fingerprint density at radius 3 is 2.48 bits per heavy atom. The maximum atomic E-state index is 12.7. The van der Waals surface area contributed by atoms with Gasteiger partial charge < -0.3 is 19.3 Å². The summed E-state index contributed by atoms with van der Waals surface area (Å²) in [5.41, 5.74) is 3.35. The lowest BCUT2D eigenvalue weighted by molar-refractivity contribution is -0.137. The van der Waals surface area contributed by atoms with Gasteiger partial charge in [-0.05, 0) is 48.4 Å². The number of rotatable bonds is 7. The molecule has 1 amide bonds. The lowest BCUT2D eigenvalue weighted by atomic mass is 10.00. The van der Waals surface area contributed by atoms with Crippen LogP contribution in [0.4, 0.5) is 5.69 Å². The molecule has 1 fully saturated rings. The molecule has 1 saturated heterocycles. The largest absolute Gasteiger partial charge is 0.382 e. The van der Waals surface area contributed by atoms with Crippen molar-refractivity contribution in [2.75, 3.05) is 51.5 Å². The number of methoxy groups -OCH3 is 1. The number of hydrogen-bond donors (Lipinski definition) is 0. The summed E-state index contributed by atoms with van der Waals surface area (Å²) in [4.78, 5) is 16.9. The highest BCUT2D eigenvalue weighted by atomic mass is 35.5. The fourth-order valence-electron chi connectivity index (χ4n) is 3.60. The number of hydrogen-bond acceptors (Lipinski definition) is 4. The van der Waals surface area contributed by atoms with Crippen LogP contribution in [0, 0.1) is 6.92 Å². The molecular formula is C22H26Cl2N2O3. The van der Waals surface area contributed by atoms with Crippen LogP contribution in [-0.2, 0) is 14.3 Å². The van der Waals surface area contributed by atoms with Crippen LogP contribution in [0.15, 0.2) is 42.5 Å². The van der Waals surface area contributed by atoms with E-state index in [2.05, 4.69) is 11.8 Å². The molecule has 156 valence electrons. The van der Waals surface area contributed by atoms with E-state index in [4.69, 9.17) is 32.7 Å². The van der Waals surface area contributed by atoms with Crippen molar-refractivity contribution in [2.24, 2.45) is 0 Å². The van der Waals surface area contributed by atoms with Crippen molar-refractivity contribution in [3.05, 3.63) is 63.6 Å². The second-order valence-corrected chi connectivity index (χ2v) is 7.95. The van der Waals surface area contributed by atoms with Crippen molar-refractivity contribution in [1.82, 2.24) is 4.90 Å². The van der Waals surface area contributed by atoms with E-state index in [0.717, 1.165) is 28.4 Å². The molecule has 1 aliphatic heterocycles. The molecule has 0 saturated carbocycles. The van der Waals surface area contributed by atoms with Crippen molar-refractivity contribution in [1.29, 1.82) is 0 Å². The van der Waals surface area contributed by atoms with Crippen LogP contribution in [0.3, 0.4) is 0 Å². The monoisotopic (exact) mass is 436 g/mol. The number of carbonyl (C=O) groups is 1. The van der Waals surface area contributed by atoms with Gasteiger partial charge in [0, 0.05) is 42.5 Å². The predicted octanol–water partition coefficient (Wildman–Crippen LogP) is 4.35. The number of aryl methyl sites for hydroxylation is 1. The van der Waals surface area contributed by atoms with E-state index in [-0.39, 0.29) is 18.6 Å². The Morgan fingerprint density at radius 2 is 1.79 bits per heavy atom. The van der Waals surface area contributed by atoms with Crippen molar-refractivity contribution >= 4 is 34.8 Å². The molecule has 29 heavy (non-hydrogen) atoms. The molecule has 1 unspecified atom stereocenters. The molecule has 0 radical (unpaired) electrons. The van der Waals surface area contributed by atoms with Crippen LogP contribution < -0.4 is 4.90 Å². The minimum absolute atomic E-state index is 0.00690. The second-order valence-electron chi connectivity index (χ2n) is 7.08. The van der Waals surface area contributed by atoms with Gasteiger partial charge in [0.25, 0.3) is 0 Å². The van der Waals surface area contributed by atoms with E-state index in [9.17, 15) is 4.79 Å². The standard InChI is InChI=1S/C22H26Cl2N2O3/c1-16-13-19(24)7-8-20(16)26-10-9-25(22(27)15-29-12-11-28-2)14-21(26)17-3-5-18(23)6-4-17/h3-8,13,21H,9-12,14-15H2,1-2H3. The Hall–Kier alpha value is -1.79. The highest BCUT2D eigenvalue weighted by Crippen LogP contribution is 2.34. The first kappa shape index (κ1) is 21.9. The minimum atomic E-state index is -0.00690. The third-order valence-electron chi connectivity index (χ3n) is 5.11. The van der Waals surface area contributed by atoms with Crippen LogP contribution in [0.2, 0.25) is 10.0 Å². The van der Waals surface area contributed by atoms with Crippen LogP contribution in [0.5, 0.6) is 0 Å². The summed E-state index contributed by atoms with van der Waals surface area (Å²) >= 11 is 12.2. The van der Waals surface area contributed by atoms with E-state index in [1.54, 1.807) is 7.11 Å². The second kappa shape index (κ2) is 10.3. The average Bonchev–Trinajstić information content (AvgIpc) is 2.71. The molecule has 1 atom stereocenters. The fourth-order valence-corrected chi connectivity index (χ4v) is 3.95. The fraction of sp³-hybridized carbons (Fsp3) is 0.409. The van der Waals surface area contributed by atoms with E-state index < -0.39 is 0 Å². The summed E-state index contributed by atoms with van der Waals surface area (Å²) < 4.78 is 10.4. The first-order valence-corrected chi connectivity index (χ1v) is 10.4. The van der Waals surface area contributed by atoms with E-state index >= 15 is 0 Å². The number of piperazine rings is 1. The van der Waals surface area contributed by atoms with Crippen LogP contribution in [-0.4, -0.2) is 57.4 Å². The van der Waals surface area contributed by atoms with Gasteiger partial charge in [0.1, 0.15) is 6.61 Å². The normalized spacial score (nSPS) is 16.9. The first-order valence-electron chi connectivity index (χ1n) is 9.62. The summed E-state index contributed by atoms with van der Waals surface area (Å²) in [5.74, 6) is -0.00690. The average molecular weight is 437 g/mol. The maximum absolute atomic E-state index is 12.7. The van der Waals surface area contributed by atoms with Gasteiger partial charge in [0.15, 0.2) is 0 Å². The number of benzene rings is 2. The minimum Gasteiger partial charge on any atom is -0.382 e. The number of amides is 1. The van der Waals surface area contributed by atoms with E-state index in [1.807, 2.05) is 47.4 Å². The third kappa shape index (κ3) is 5.64. The van der Waals surface area contributed by atoms with Gasteiger partial charge in [-0.1, -0.05) is 35.3 Å². The summed E-state index contributed by atoms with van der Waals surface area (Å²) in [7, 11) is 1.61. The number of halogens is 2. The molecule has 0 aliphatic carbocycles. The van der Waals surface area contributed by atoms with Crippen LogP contribution in [0.25, 0.3) is 0 Å². The molecule has 7 heteroatoms. The SMILES string of the molecule is COCCOCC(=O)N1CCN(c2ccc(Cl)cc2C)C(c2ccc(Cl)cc2)C1. The quantitative estimate of drug-likeness (QED) is 0.604. The van der Waals surface area contributed by atoms with Gasteiger partial charge in [-0.2, -0.15) is 0 Å². The zero-order valence-electron chi connectivity index (χ0n) is 16.7. The molecule has 1 aliphatic rings. The van der Waals surface area contributed by atoms with Crippen LogP contribution >= 0.6 is 23.2 Å². The predicted molar refractivity (Wildman–Crippen MR) is 117 cm³/mol. The Kier molecular flexibility index (Phi) is 7.78.